The number of allylic oxidation sites excluding steroid dienone is 1. The smallest absolute Gasteiger partial charge is 0.171 e. The molecular formula is C13H18O4. The predicted molar refractivity (Wildman–Crippen MR) is 64.7 cm³/mol. The number of benzene rings is 1. The third-order valence-corrected chi connectivity index (χ3v) is 2.43. The van der Waals surface area contributed by atoms with Crippen LogP contribution < -0.4 is 0 Å². The molecule has 0 aliphatic heterocycles. The van der Waals surface area contributed by atoms with Gasteiger partial charge in [0.15, 0.2) is 17.8 Å². The van der Waals surface area contributed by atoms with Crippen LogP contribution in [0.4, 0.5) is 0 Å². The van der Waals surface area contributed by atoms with Gasteiger partial charge in [0.25, 0.3) is 0 Å². The van der Waals surface area contributed by atoms with Crippen LogP contribution in [0.25, 0.3) is 0 Å². The van der Waals surface area contributed by atoms with Crippen molar-refractivity contribution in [2.75, 3.05) is 0 Å². The van der Waals surface area contributed by atoms with E-state index in [-0.39, 0.29) is 11.5 Å². The summed E-state index contributed by atoms with van der Waals surface area (Å²) in [4.78, 5) is 0. The number of aryl methyl sites for hydroxylation is 1. The molecule has 1 aromatic carbocycles. The van der Waals surface area contributed by atoms with Crippen molar-refractivity contribution in [2.45, 2.75) is 32.0 Å². The van der Waals surface area contributed by atoms with E-state index in [2.05, 4.69) is 0 Å². The quantitative estimate of drug-likeness (QED) is 0.263. The van der Waals surface area contributed by atoms with E-state index in [1.165, 1.54) is 12.1 Å². The molecular weight excluding hydrogens is 220 g/mol. The third-order valence-electron chi connectivity index (χ3n) is 2.43. The molecule has 0 aliphatic rings. The second-order valence-corrected chi connectivity index (χ2v) is 3.91. The lowest BCUT2D eigenvalue weighted by molar-refractivity contribution is 0.00216. The fourth-order valence-electron chi connectivity index (χ4n) is 1.53. The Bertz CT molecular complexity index is 372. The second-order valence-electron chi connectivity index (χ2n) is 3.91. The van der Waals surface area contributed by atoms with Crippen LogP contribution in [-0.2, 0) is 6.42 Å². The molecule has 0 spiro atoms. The highest BCUT2D eigenvalue weighted by Gasteiger charge is 2.00. The van der Waals surface area contributed by atoms with E-state index in [0.717, 1.165) is 31.2 Å². The maximum absolute atomic E-state index is 9.29. The molecule has 0 saturated carbocycles. The van der Waals surface area contributed by atoms with Crippen molar-refractivity contribution >= 4 is 0 Å². The Labute approximate surface area is 100 Å². The summed E-state index contributed by atoms with van der Waals surface area (Å²) < 4.78 is 0. The van der Waals surface area contributed by atoms with E-state index in [9.17, 15) is 5.11 Å². The van der Waals surface area contributed by atoms with Crippen LogP contribution in [0.1, 0.15) is 24.8 Å². The minimum absolute atomic E-state index is 0.0919. The highest BCUT2D eigenvalue weighted by atomic mass is 16.5. The van der Waals surface area contributed by atoms with Gasteiger partial charge in [-0.05, 0) is 49.5 Å². The first-order valence-corrected chi connectivity index (χ1v) is 5.63. The van der Waals surface area contributed by atoms with E-state index in [0.29, 0.717) is 0 Å². The topological polar surface area (TPSA) is 80.9 Å². The number of unbranched alkanes of at least 4 members (excludes halogenated alkanes) is 2. The lowest BCUT2D eigenvalue weighted by Crippen LogP contribution is -1.97. The van der Waals surface area contributed by atoms with Crippen LogP contribution in [0.3, 0.4) is 0 Å². The molecule has 0 aliphatic carbocycles. The average Bonchev–Trinajstić information content (AvgIpc) is 2.27. The normalized spacial score (nSPS) is 11.5. The summed E-state index contributed by atoms with van der Waals surface area (Å²) in [5.74, 6) is -0.195. The molecule has 0 amide bonds. The van der Waals surface area contributed by atoms with Gasteiger partial charge in [-0.15, -0.1) is 0 Å². The van der Waals surface area contributed by atoms with Gasteiger partial charge in [0.05, 0.1) is 0 Å². The molecule has 0 atom stereocenters. The molecule has 1 aromatic rings. The zero-order chi connectivity index (χ0) is 12.7. The molecule has 0 radical (unpaired) electrons. The molecule has 4 nitrogen and oxygen atoms in total. The van der Waals surface area contributed by atoms with Crippen LogP contribution in [-0.4, -0.2) is 26.7 Å². The van der Waals surface area contributed by atoms with Crippen molar-refractivity contribution in [1.82, 2.24) is 0 Å². The number of aliphatic hydroxyl groups excluding tert-OH is 1. The van der Waals surface area contributed by atoms with Gasteiger partial charge in [0, 0.05) is 0 Å². The second kappa shape index (κ2) is 6.93. The van der Waals surface area contributed by atoms with Gasteiger partial charge >= 0.3 is 0 Å². The molecule has 1 rings (SSSR count). The van der Waals surface area contributed by atoms with Gasteiger partial charge in [-0.1, -0.05) is 12.1 Å². The largest absolute Gasteiger partial charge is 0.504 e. The van der Waals surface area contributed by atoms with Crippen molar-refractivity contribution in [3.63, 3.8) is 0 Å². The third kappa shape index (κ3) is 5.38. The minimum atomic E-state index is -1.37. The van der Waals surface area contributed by atoms with Crippen molar-refractivity contribution in [1.29, 1.82) is 0 Å². The Morgan fingerprint density at radius 1 is 1.06 bits per heavy atom. The fourth-order valence-corrected chi connectivity index (χ4v) is 1.53. The Morgan fingerprint density at radius 3 is 2.47 bits per heavy atom. The van der Waals surface area contributed by atoms with Crippen molar-refractivity contribution in [3.05, 3.63) is 35.9 Å². The van der Waals surface area contributed by atoms with Crippen LogP contribution in [0.5, 0.6) is 11.5 Å². The summed E-state index contributed by atoms with van der Waals surface area (Å²) in [6.45, 7) is 0. The summed E-state index contributed by atoms with van der Waals surface area (Å²) in [6.07, 6.45) is 5.20. The molecule has 94 valence electrons. The zero-order valence-electron chi connectivity index (χ0n) is 9.58. The Morgan fingerprint density at radius 2 is 1.82 bits per heavy atom. The Balaban J connectivity index is 2.24. The lowest BCUT2D eigenvalue weighted by Gasteiger charge is -2.03. The fraction of sp³-hybridized carbons (Fsp3) is 0.385. The van der Waals surface area contributed by atoms with E-state index < -0.39 is 6.29 Å². The molecule has 0 aromatic heterocycles. The molecule has 0 saturated heterocycles. The van der Waals surface area contributed by atoms with Crippen LogP contribution in [0.15, 0.2) is 30.4 Å². The number of phenols is 2. The summed E-state index contributed by atoms with van der Waals surface area (Å²) in [6, 6.07) is 4.82. The number of aliphatic hydroxyl groups is 2. The van der Waals surface area contributed by atoms with Crippen LogP contribution in [0.2, 0.25) is 0 Å². The first-order valence-electron chi connectivity index (χ1n) is 5.63. The molecule has 0 heterocycles. The molecule has 0 bridgehead atoms. The first-order chi connectivity index (χ1) is 8.09. The highest BCUT2D eigenvalue weighted by Crippen LogP contribution is 2.25. The van der Waals surface area contributed by atoms with Gasteiger partial charge in [0.1, 0.15) is 0 Å². The number of hydrogen-bond acceptors (Lipinski definition) is 4. The van der Waals surface area contributed by atoms with Crippen molar-refractivity contribution < 1.29 is 20.4 Å². The van der Waals surface area contributed by atoms with E-state index in [4.69, 9.17) is 15.3 Å². The van der Waals surface area contributed by atoms with E-state index >= 15 is 0 Å². The number of hydrogen-bond donors (Lipinski definition) is 4. The molecule has 4 heteroatoms. The SMILES string of the molecule is Oc1ccc(CCCCC=CC(O)O)cc1O. The molecule has 0 unspecified atom stereocenters. The Kier molecular flexibility index (Phi) is 5.52. The lowest BCUT2D eigenvalue weighted by atomic mass is 10.1. The van der Waals surface area contributed by atoms with Gasteiger partial charge in [-0.25, -0.2) is 0 Å². The molecule has 17 heavy (non-hydrogen) atoms. The number of aromatic hydroxyl groups is 2. The summed E-state index contributed by atoms with van der Waals surface area (Å²) in [7, 11) is 0. The highest BCUT2D eigenvalue weighted by molar-refractivity contribution is 5.40. The zero-order valence-corrected chi connectivity index (χ0v) is 9.58. The van der Waals surface area contributed by atoms with E-state index in [1.54, 1.807) is 18.2 Å². The predicted octanol–water partition coefficient (Wildman–Crippen LogP) is 1.68. The minimum Gasteiger partial charge on any atom is -0.504 e. The van der Waals surface area contributed by atoms with Gasteiger partial charge in [-0.3, -0.25) is 0 Å². The van der Waals surface area contributed by atoms with E-state index in [1.807, 2.05) is 0 Å². The standard InChI is InChI=1S/C13H18O4/c14-11-8-7-10(9-12(11)15)5-3-1-2-4-6-13(16)17/h4,6-9,13-17H,1-3,5H2. The summed E-state index contributed by atoms with van der Waals surface area (Å²) >= 11 is 0. The van der Waals surface area contributed by atoms with Crippen LogP contribution >= 0.6 is 0 Å². The first kappa shape index (κ1) is 13.5. The van der Waals surface area contributed by atoms with Gasteiger partial charge in [0.2, 0.25) is 0 Å². The average molecular weight is 238 g/mol. The van der Waals surface area contributed by atoms with Gasteiger partial charge < -0.3 is 20.4 Å². The Hall–Kier alpha value is -1.52. The summed E-state index contributed by atoms with van der Waals surface area (Å²) in [5.41, 5.74) is 0.978. The maximum atomic E-state index is 9.29. The monoisotopic (exact) mass is 238 g/mol. The van der Waals surface area contributed by atoms with Crippen LogP contribution in [0, 0.1) is 0 Å². The van der Waals surface area contributed by atoms with Crippen molar-refractivity contribution in [3.8, 4) is 11.5 Å². The van der Waals surface area contributed by atoms with Crippen molar-refractivity contribution in [2.24, 2.45) is 0 Å². The summed E-state index contributed by atoms with van der Waals surface area (Å²) in [5, 5.41) is 35.5. The maximum Gasteiger partial charge on any atom is 0.171 e. The van der Waals surface area contributed by atoms with Gasteiger partial charge in [-0.2, -0.15) is 0 Å². The molecule has 4 N–H and O–H groups in total. The number of phenolic OH excluding ortho intramolecular Hbond substituents is 2. The molecule has 0 fully saturated rings. The number of rotatable bonds is 6.